The van der Waals surface area contributed by atoms with Crippen molar-refractivity contribution in [1.82, 2.24) is 9.78 Å². The van der Waals surface area contributed by atoms with E-state index >= 15 is 0 Å². The average Bonchev–Trinajstić information content (AvgIpc) is 2.77. The summed E-state index contributed by atoms with van der Waals surface area (Å²) in [7, 11) is 1.64. The lowest BCUT2D eigenvalue weighted by Crippen LogP contribution is -2.22. The third-order valence-corrected chi connectivity index (χ3v) is 2.67. The Kier molecular flexibility index (Phi) is 4.90. The predicted octanol–water partition coefficient (Wildman–Crippen LogP) is 2.22. The molecule has 1 atom stereocenters. The number of methoxy groups -OCH3 is 1. The Morgan fingerprint density at radius 1 is 1.50 bits per heavy atom. The fraction of sp³-hybridized carbons (Fsp3) is 0.692. The third kappa shape index (κ3) is 4.14. The first-order valence-corrected chi connectivity index (χ1v) is 6.09. The van der Waals surface area contributed by atoms with Crippen LogP contribution in [-0.4, -0.2) is 35.6 Å². The molecule has 0 unspecified atom stereocenters. The van der Waals surface area contributed by atoms with Crippen LogP contribution in [0.4, 0.5) is 0 Å². The van der Waals surface area contributed by atoms with Gasteiger partial charge in [0.1, 0.15) is 0 Å². The van der Waals surface area contributed by atoms with Gasteiger partial charge in [0.25, 0.3) is 0 Å². The summed E-state index contributed by atoms with van der Waals surface area (Å²) in [4.78, 5) is 11.7. The highest BCUT2D eigenvalue weighted by molar-refractivity contribution is 5.88. The van der Waals surface area contributed by atoms with Gasteiger partial charge >= 0.3 is 5.97 Å². The van der Waals surface area contributed by atoms with Gasteiger partial charge in [-0.15, -0.1) is 0 Å². The van der Waals surface area contributed by atoms with Crippen molar-refractivity contribution in [3.05, 3.63) is 18.0 Å². The number of ether oxygens (including phenoxy) is 2. The summed E-state index contributed by atoms with van der Waals surface area (Å²) < 4.78 is 12.0. The maximum absolute atomic E-state index is 11.7. The molecule has 0 saturated carbocycles. The number of hydrogen-bond donors (Lipinski definition) is 0. The molecule has 0 bridgehead atoms. The zero-order valence-electron chi connectivity index (χ0n) is 11.8. The van der Waals surface area contributed by atoms with Crippen molar-refractivity contribution in [2.24, 2.45) is 0 Å². The summed E-state index contributed by atoms with van der Waals surface area (Å²) in [5.74, 6) is -0.339. The van der Waals surface area contributed by atoms with Gasteiger partial charge in [0.2, 0.25) is 0 Å². The lowest BCUT2D eigenvalue weighted by molar-refractivity contribution is 0.0390. The van der Waals surface area contributed by atoms with E-state index in [-0.39, 0.29) is 17.6 Å². The Hall–Kier alpha value is -1.36. The molecule has 0 saturated heterocycles. The molecule has 5 heteroatoms. The number of esters is 1. The van der Waals surface area contributed by atoms with E-state index in [9.17, 15) is 4.79 Å². The van der Waals surface area contributed by atoms with E-state index in [1.54, 1.807) is 18.0 Å². The first kappa shape index (κ1) is 14.7. The molecular formula is C13H22N2O3. The zero-order chi connectivity index (χ0) is 13.8. The van der Waals surface area contributed by atoms with Crippen molar-refractivity contribution in [1.29, 1.82) is 0 Å². The lowest BCUT2D eigenvalue weighted by Gasteiger charge is -2.18. The molecule has 0 amide bonds. The highest BCUT2D eigenvalue weighted by Crippen LogP contribution is 2.13. The van der Waals surface area contributed by atoms with E-state index in [0.29, 0.717) is 18.6 Å². The predicted molar refractivity (Wildman–Crippen MR) is 68.6 cm³/mol. The normalized spacial score (nSPS) is 13.4. The van der Waals surface area contributed by atoms with Crippen LogP contribution in [0.5, 0.6) is 0 Å². The van der Waals surface area contributed by atoms with Crippen LogP contribution in [0.15, 0.2) is 12.4 Å². The molecule has 0 radical (unpaired) electrons. The zero-order valence-corrected chi connectivity index (χ0v) is 11.8. The SMILES string of the molecule is CO[C@@H](C)CCOC(=O)c1cnn(C(C)(C)C)c1. The van der Waals surface area contributed by atoms with Gasteiger partial charge in [0, 0.05) is 19.7 Å². The largest absolute Gasteiger partial charge is 0.462 e. The van der Waals surface area contributed by atoms with Gasteiger partial charge in [-0.05, 0) is 27.7 Å². The van der Waals surface area contributed by atoms with Crippen LogP contribution in [0, 0.1) is 0 Å². The first-order valence-electron chi connectivity index (χ1n) is 6.09. The van der Waals surface area contributed by atoms with Crippen LogP contribution in [0.1, 0.15) is 44.5 Å². The lowest BCUT2D eigenvalue weighted by atomic mass is 10.1. The number of carbonyl (C=O) groups excluding carboxylic acids is 1. The Labute approximate surface area is 108 Å². The number of nitrogens with zero attached hydrogens (tertiary/aromatic N) is 2. The number of aromatic nitrogens is 2. The van der Waals surface area contributed by atoms with Gasteiger partial charge in [0.15, 0.2) is 0 Å². The summed E-state index contributed by atoms with van der Waals surface area (Å²) in [6.07, 6.45) is 4.03. The topological polar surface area (TPSA) is 53.4 Å². The van der Waals surface area contributed by atoms with Crippen molar-refractivity contribution in [3.8, 4) is 0 Å². The molecular weight excluding hydrogens is 232 g/mol. The van der Waals surface area contributed by atoms with Crippen LogP contribution in [0.25, 0.3) is 0 Å². The number of carbonyl (C=O) groups is 1. The van der Waals surface area contributed by atoms with Gasteiger partial charge in [-0.25, -0.2) is 4.79 Å². The van der Waals surface area contributed by atoms with Crippen LogP contribution in [0.2, 0.25) is 0 Å². The van der Waals surface area contributed by atoms with E-state index in [1.165, 1.54) is 6.20 Å². The molecule has 0 spiro atoms. The Morgan fingerprint density at radius 3 is 2.67 bits per heavy atom. The summed E-state index contributed by atoms with van der Waals surface area (Å²) in [5.41, 5.74) is 0.346. The van der Waals surface area contributed by atoms with Crippen molar-refractivity contribution in [2.75, 3.05) is 13.7 Å². The minimum absolute atomic E-state index is 0.0927. The molecule has 102 valence electrons. The standard InChI is InChI=1S/C13H22N2O3/c1-10(17-5)6-7-18-12(16)11-8-14-15(9-11)13(2,3)4/h8-10H,6-7H2,1-5H3/t10-/m0/s1. The van der Waals surface area contributed by atoms with Crippen molar-refractivity contribution >= 4 is 5.97 Å². The van der Waals surface area contributed by atoms with Crippen molar-refractivity contribution < 1.29 is 14.3 Å². The summed E-state index contributed by atoms with van der Waals surface area (Å²) in [5, 5.41) is 4.16. The minimum Gasteiger partial charge on any atom is -0.462 e. The van der Waals surface area contributed by atoms with Crippen LogP contribution in [-0.2, 0) is 15.0 Å². The summed E-state index contributed by atoms with van der Waals surface area (Å²) in [6, 6.07) is 0. The van der Waals surface area contributed by atoms with Gasteiger partial charge in [-0.1, -0.05) is 0 Å². The second kappa shape index (κ2) is 6.00. The van der Waals surface area contributed by atoms with E-state index in [2.05, 4.69) is 5.10 Å². The third-order valence-electron chi connectivity index (χ3n) is 2.67. The Morgan fingerprint density at radius 2 is 2.17 bits per heavy atom. The highest BCUT2D eigenvalue weighted by Gasteiger charge is 2.17. The molecule has 0 aliphatic rings. The molecule has 1 aromatic heterocycles. The molecule has 1 rings (SSSR count). The second-order valence-corrected chi connectivity index (χ2v) is 5.32. The maximum Gasteiger partial charge on any atom is 0.341 e. The molecule has 0 aliphatic heterocycles. The highest BCUT2D eigenvalue weighted by atomic mass is 16.5. The molecule has 1 heterocycles. The van der Waals surface area contributed by atoms with Gasteiger partial charge < -0.3 is 9.47 Å². The fourth-order valence-electron chi connectivity index (χ4n) is 1.31. The van der Waals surface area contributed by atoms with Gasteiger partial charge in [0.05, 0.1) is 30.0 Å². The van der Waals surface area contributed by atoms with Crippen LogP contribution < -0.4 is 0 Å². The molecule has 1 aromatic rings. The molecule has 18 heavy (non-hydrogen) atoms. The molecule has 0 N–H and O–H groups in total. The quantitative estimate of drug-likeness (QED) is 0.756. The Bertz CT molecular complexity index is 393. The van der Waals surface area contributed by atoms with Gasteiger partial charge in [-0.2, -0.15) is 5.10 Å². The van der Waals surface area contributed by atoms with Crippen molar-refractivity contribution in [3.63, 3.8) is 0 Å². The van der Waals surface area contributed by atoms with E-state index in [4.69, 9.17) is 9.47 Å². The molecule has 0 aromatic carbocycles. The first-order chi connectivity index (χ1) is 8.34. The second-order valence-electron chi connectivity index (χ2n) is 5.32. The van der Waals surface area contributed by atoms with Crippen LogP contribution >= 0.6 is 0 Å². The number of rotatable bonds is 5. The van der Waals surface area contributed by atoms with Crippen LogP contribution in [0.3, 0.4) is 0 Å². The fourth-order valence-corrected chi connectivity index (χ4v) is 1.31. The van der Waals surface area contributed by atoms with E-state index in [0.717, 1.165) is 0 Å². The average molecular weight is 254 g/mol. The monoisotopic (exact) mass is 254 g/mol. The van der Waals surface area contributed by atoms with E-state index < -0.39 is 0 Å². The maximum atomic E-state index is 11.7. The molecule has 0 fully saturated rings. The van der Waals surface area contributed by atoms with Crippen molar-refractivity contribution in [2.45, 2.75) is 45.8 Å². The molecule has 5 nitrogen and oxygen atoms in total. The smallest absolute Gasteiger partial charge is 0.341 e. The number of hydrogen-bond acceptors (Lipinski definition) is 4. The van der Waals surface area contributed by atoms with Gasteiger partial charge in [-0.3, -0.25) is 4.68 Å². The Balaban J connectivity index is 2.50. The van der Waals surface area contributed by atoms with E-state index in [1.807, 2.05) is 27.7 Å². The minimum atomic E-state index is -0.339. The molecule has 0 aliphatic carbocycles. The summed E-state index contributed by atoms with van der Waals surface area (Å²) >= 11 is 0. The summed E-state index contributed by atoms with van der Waals surface area (Å²) in [6.45, 7) is 8.36.